The third-order valence-corrected chi connectivity index (χ3v) is 7.34. The van der Waals surface area contributed by atoms with Crippen molar-refractivity contribution < 1.29 is 24.2 Å². The highest BCUT2D eigenvalue weighted by atomic mass is 35.5. The highest BCUT2D eigenvalue weighted by Gasteiger charge is 2.47. The Balaban J connectivity index is 1.55. The lowest BCUT2D eigenvalue weighted by molar-refractivity contribution is -0.132. The van der Waals surface area contributed by atoms with Crippen LogP contribution in [-0.2, 0) is 9.59 Å². The van der Waals surface area contributed by atoms with Gasteiger partial charge in [-0.25, -0.2) is 0 Å². The van der Waals surface area contributed by atoms with Gasteiger partial charge in [0.1, 0.15) is 29.0 Å². The first-order chi connectivity index (χ1) is 18.4. The number of aryl methyl sites for hydroxylation is 1. The number of aliphatic hydroxyl groups excluding tert-OH is 1. The molecule has 6 nitrogen and oxygen atoms in total. The summed E-state index contributed by atoms with van der Waals surface area (Å²) in [7, 11) is 0. The second-order valence-electron chi connectivity index (χ2n) is 8.68. The Morgan fingerprint density at radius 2 is 1.79 bits per heavy atom. The van der Waals surface area contributed by atoms with Crippen molar-refractivity contribution in [2.45, 2.75) is 19.9 Å². The molecule has 0 bridgehead atoms. The maximum absolute atomic E-state index is 13.4. The van der Waals surface area contributed by atoms with Crippen molar-refractivity contribution >= 4 is 46.1 Å². The van der Waals surface area contributed by atoms with E-state index in [1.165, 1.54) is 16.2 Å². The van der Waals surface area contributed by atoms with E-state index >= 15 is 0 Å². The summed E-state index contributed by atoms with van der Waals surface area (Å²) >= 11 is 7.61. The molecule has 38 heavy (non-hydrogen) atoms. The lowest BCUT2D eigenvalue weighted by Gasteiger charge is -2.24. The Morgan fingerprint density at radius 3 is 2.47 bits per heavy atom. The first kappa shape index (κ1) is 25.6. The maximum atomic E-state index is 13.4. The predicted octanol–water partition coefficient (Wildman–Crippen LogP) is 7.53. The normalized spacial score (nSPS) is 16.6. The number of carbonyl (C=O) groups is 2. The van der Waals surface area contributed by atoms with Crippen molar-refractivity contribution in [2.75, 3.05) is 11.5 Å². The molecule has 0 aliphatic carbocycles. The van der Waals surface area contributed by atoms with Gasteiger partial charge in [-0.1, -0.05) is 29.8 Å². The molecule has 1 fully saturated rings. The number of rotatable bonds is 7. The van der Waals surface area contributed by atoms with Gasteiger partial charge in [-0.15, -0.1) is 11.3 Å². The molecule has 1 saturated heterocycles. The van der Waals surface area contributed by atoms with Gasteiger partial charge in [0.05, 0.1) is 17.2 Å². The first-order valence-corrected chi connectivity index (χ1v) is 13.2. The largest absolute Gasteiger partial charge is 0.507 e. The van der Waals surface area contributed by atoms with Gasteiger partial charge >= 0.3 is 0 Å². The molecule has 1 atom stereocenters. The molecule has 5 rings (SSSR count). The van der Waals surface area contributed by atoms with E-state index in [4.69, 9.17) is 21.1 Å². The monoisotopic (exact) mass is 545 g/mol. The second-order valence-corrected chi connectivity index (χ2v) is 10.1. The van der Waals surface area contributed by atoms with Gasteiger partial charge in [-0.05, 0) is 85.5 Å². The minimum atomic E-state index is -0.801. The third kappa shape index (κ3) is 4.90. The van der Waals surface area contributed by atoms with Gasteiger partial charge in [0, 0.05) is 16.1 Å². The lowest BCUT2D eigenvalue weighted by atomic mass is 9.99. The smallest absolute Gasteiger partial charge is 0.300 e. The van der Waals surface area contributed by atoms with Crippen molar-refractivity contribution in [3.8, 4) is 17.2 Å². The zero-order valence-corrected chi connectivity index (χ0v) is 22.3. The number of benzene rings is 3. The van der Waals surface area contributed by atoms with Crippen LogP contribution in [0, 0.1) is 6.92 Å². The minimum absolute atomic E-state index is 0.00214. The van der Waals surface area contributed by atoms with Crippen LogP contribution in [0.4, 0.5) is 5.69 Å². The maximum Gasteiger partial charge on any atom is 0.300 e. The molecule has 1 unspecified atom stereocenters. The topological polar surface area (TPSA) is 76.1 Å². The van der Waals surface area contributed by atoms with E-state index in [0.717, 1.165) is 10.4 Å². The number of hydrogen-bond donors (Lipinski definition) is 1. The van der Waals surface area contributed by atoms with Gasteiger partial charge in [-0.3, -0.25) is 14.5 Å². The van der Waals surface area contributed by atoms with Crippen LogP contribution in [0.1, 0.15) is 29.0 Å². The van der Waals surface area contributed by atoms with Crippen LogP contribution < -0.4 is 14.4 Å². The number of thiophene rings is 1. The van der Waals surface area contributed by atoms with E-state index in [2.05, 4.69) is 0 Å². The number of amides is 1. The summed E-state index contributed by atoms with van der Waals surface area (Å²) in [5.74, 6) is -0.116. The summed E-state index contributed by atoms with van der Waals surface area (Å²) < 4.78 is 11.5. The summed E-state index contributed by atoms with van der Waals surface area (Å²) in [4.78, 5) is 28.8. The van der Waals surface area contributed by atoms with E-state index in [1.54, 1.807) is 42.5 Å². The molecule has 3 aromatic carbocycles. The van der Waals surface area contributed by atoms with Gasteiger partial charge in [0.15, 0.2) is 0 Å². The third-order valence-electron chi connectivity index (χ3n) is 6.10. The summed E-state index contributed by atoms with van der Waals surface area (Å²) in [6, 6.07) is 22.3. The Kier molecular flexibility index (Phi) is 7.22. The van der Waals surface area contributed by atoms with E-state index in [9.17, 15) is 14.7 Å². The molecule has 4 aromatic rings. The number of Topliss-reactive ketones (excluding diaryl/α,β-unsaturated/α-hetero) is 1. The quantitative estimate of drug-likeness (QED) is 0.147. The highest BCUT2D eigenvalue weighted by molar-refractivity contribution is 7.10. The Bertz CT molecular complexity index is 1530. The van der Waals surface area contributed by atoms with Crippen LogP contribution >= 0.6 is 22.9 Å². The fourth-order valence-electron chi connectivity index (χ4n) is 4.38. The first-order valence-electron chi connectivity index (χ1n) is 12.0. The Labute approximate surface area is 229 Å². The average molecular weight is 546 g/mol. The zero-order chi connectivity index (χ0) is 26.8. The van der Waals surface area contributed by atoms with Gasteiger partial charge in [0.2, 0.25) is 0 Å². The summed E-state index contributed by atoms with van der Waals surface area (Å²) in [6.07, 6.45) is 0. The van der Waals surface area contributed by atoms with E-state index in [0.29, 0.717) is 40.1 Å². The zero-order valence-electron chi connectivity index (χ0n) is 20.7. The number of halogens is 1. The standard InChI is InChI=1S/C30H24ClNO5S/c1-3-36-24-17-19(9-14-23(24)31)28(33)26-27(25-8-5-15-38-25)32(30(35)29(26)34)20-10-12-21(13-11-20)37-22-7-4-6-18(2)16-22/h4-17,27,33H,3H2,1-2H3/b28-26-. The molecule has 1 aliphatic heterocycles. The molecule has 0 spiro atoms. The lowest BCUT2D eigenvalue weighted by Crippen LogP contribution is -2.29. The predicted molar refractivity (Wildman–Crippen MR) is 149 cm³/mol. The van der Waals surface area contributed by atoms with Gasteiger partial charge in [0.25, 0.3) is 11.7 Å². The molecule has 0 radical (unpaired) electrons. The number of ether oxygens (including phenoxy) is 2. The van der Waals surface area contributed by atoms with Gasteiger partial charge in [-0.2, -0.15) is 0 Å². The van der Waals surface area contributed by atoms with Crippen molar-refractivity contribution in [1.29, 1.82) is 0 Å². The van der Waals surface area contributed by atoms with Crippen LogP contribution in [0.25, 0.3) is 5.76 Å². The van der Waals surface area contributed by atoms with Gasteiger partial charge < -0.3 is 14.6 Å². The second kappa shape index (κ2) is 10.7. The number of aliphatic hydroxyl groups is 1. The average Bonchev–Trinajstić information content (AvgIpc) is 3.52. The number of anilines is 1. The summed E-state index contributed by atoms with van der Waals surface area (Å²) in [5.41, 5.74) is 1.92. The van der Waals surface area contributed by atoms with Crippen LogP contribution in [0.5, 0.6) is 17.2 Å². The Hall–Kier alpha value is -4.07. The summed E-state index contributed by atoms with van der Waals surface area (Å²) in [5, 5.41) is 13.6. The molecule has 1 aliphatic rings. The molecule has 2 heterocycles. The molecule has 0 saturated carbocycles. The number of carbonyl (C=O) groups excluding carboxylic acids is 2. The van der Waals surface area contributed by atoms with Crippen LogP contribution in [0.15, 0.2) is 89.8 Å². The van der Waals surface area contributed by atoms with E-state index in [-0.39, 0.29) is 11.3 Å². The molecule has 1 amide bonds. The number of hydrogen-bond acceptors (Lipinski definition) is 6. The van der Waals surface area contributed by atoms with Crippen molar-refractivity contribution in [2.24, 2.45) is 0 Å². The fraction of sp³-hybridized carbons (Fsp3) is 0.133. The van der Waals surface area contributed by atoms with E-state index < -0.39 is 17.7 Å². The van der Waals surface area contributed by atoms with Crippen molar-refractivity contribution in [3.63, 3.8) is 0 Å². The van der Waals surface area contributed by atoms with Crippen LogP contribution in [-0.4, -0.2) is 23.4 Å². The summed E-state index contributed by atoms with van der Waals surface area (Å²) in [6.45, 7) is 4.19. The molecular weight excluding hydrogens is 522 g/mol. The Morgan fingerprint density at radius 1 is 1.00 bits per heavy atom. The molecule has 8 heteroatoms. The fourth-order valence-corrected chi connectivity index (χ4v) is 5.37. The number of ketones is 1. The molecule has 1 N–H and O–H groups in total. The minimum Gasteiger partial charge on any atom is -0.507 e. The molecule has 1 aromatic heterocycles. The van der Waals surface area contributed by atoms with Crippen LogP contribution in [0.3, 0.4) is 0 Å². The SMILES string of the molecule is CCOc1cc(/C(O)=C2/C(=O)C(=O)N(c3ccc(Oc4cccc(C)c4)cc3)C2c2cccs2)ccc1Cl. The molecular formula is C30H24ClNO5S. The van der Waals surface area contributed by atoms with Crippen molar-refractivity contribution in [1.82, 2.24) is 0 Å². The highest BCUT2D eigenvalue weighted by Crippen LogP contribution is 2.44. The number of nitrogens with zero attached hydrogens (tertiary/aromatic N) is 1. The van der Waals surface area contributed by atoms with Crippen LogP contribution in [0.2, 0.25) is 5.02 Å². The molecule has 192 valence electrons. The van der Waals surface area contributed by atoms with E-state index in [1.807, 2.05) is 55.6 Å². The van der Waals surface area contributed by atoms with Crippen molar-refractivity contribution in [3.05, 3.63) is 111 Å².